The molecule has 2 aromatic carbocycles. The number of nitrogens with zero attached hydrogens (tertiary/aromatic N) is 3. The van der Waals surface area contributed by atoms with Gasteiger partial charge in [0.05, 0.1) is 23.0 Å². The van der Waals surface area contributed by atoms with E-state index in [-0.39, 0.29) is 36.2 Å². The van der Waals surface area contributed by atoms with Crippen molar-refractivity contribution >= 4 is 39.1 Å². The molecule has 2 aliphatic rings. The molecule has 7 nitrogen and oxygen atoms in total. The number of sulfonamides is 1. The quantitative estimate of drug-likeness (QED) is 0.654. The summed E-state index contributed by atoms with van der Waals surface area (Å²) in [5.74, 6) is -0.458. The molecule has 164 valence electrons. The van der Waals surface area contributed by atoms with Crippen LogP contribution < -0.4 is 4.90 Å². The maximum Gasteiger partial charge on any atom is 0.251 e. The number of benzene rings is 2. The van der Waals surface area contributed by atoms with E-state index in [1.54, 1.807) is 12.1 Å². The third-order valence-corrected chi connectivity index (χ3v) is 8.12. The molecule has 9 heteroatoms. The maximum absolute atomic E-state index is 13.2. The molecule has 1 unspecified atom stereocenters. The van der Waals surface area contributed by atoms with E-state index in [0.717, 1.165) is 11.1 Å². The SMILES string of the molecule is Cc1cccc(C)c1N1C(=O)CC(N2CCN(S(=O)(=O)c3ccc(Cl)cc3)CC2)C1=O. The normalized spacial score (nSPS) is 21.1. The molecule has 0 radical (unpaired) electrons. The number of halogens is 1. The van der Waals surface area contributed by atoms with Crippen molar-refractivity contribution in [2.45, 2.75) is 31.2 Å². The average molecular weight is 462 g/mol. The van der Waals surface area contributed by atoms with Gasteiger partial charge in [0.2, 0.25) is 15.9 Å². The molecule has 0 N–H and O–H groups in total. The Morgan fingerprint density at radius 2 is 1.48 bits per heavy atom. The Kier molecular flexibility index (Phi) is 5.91. The number of hydrogen-bond acceptors (Lipinski definition) is 5. The van der Waals surface area contributed by atoms with Gasteiger partial charge in [0.15, 0.2) is 0 Å². The first kappa shape index (κ1) is 22.0. The molecular formula is C22H24ClN3O4S. The third kappa shape index (κ3) is 4.01. The number of carbonyl (C=O) groups excluding carboxylic acids is 2. The minimum absolute atomic E-state index is 0.108. The van der Waals surface area contributed by atoms with Crippen molar-refractivity contribution in [1.29, 1.82) is 0 Å². The van der Waals surface area contributed by atoms with Crippen molar-refractivity contribution in [2.24, 2.45) is 0 Å². The monoisotopic (exact) mass is 461 g/mol. The fourth-order valence-electron chi connectivity index (χ4n) is 4.31. The van der Waals surface area contributed by atoms with Crippen LogP contribution in [-0.4, -0.2) is 61.7 Å². The number of aryl methyl sites for hydroxylation is 2. The van der Waals surface area contributed by atoms with Crippen LogP contribution in [0.2, 0.25) is 5.02 Å². The van der Waals surface area contributed by atoms with Gasteiger partial charge in [-0.3, -0.25) is 14.5 Å². The molecule has 2 saturated heterocycles. The van der Waals surface area contributed by atoms with Crippen LogP contribution >= 0.6 is 11.6 Å². The topological polar surface area (TPSA) is 78.0 Å². The van der Waals surface area contributed by atoms with Crippen molar-refractivity contribution < 1.29 is 18.0 Å². The number of hydrogen-bond donors (Lipinski definition) is 0. The smallest absolute Gasteiger partial charge is 0.251 e. The van der Waals surface area contributed by atoms with Gasteiger partial charge in [-0.2, -0.15) is 4.31 Å². The lowest BCUT2D eigenvalue weighted by molar-refractivity contribution is -0.123. The summed E-state index contributed by atoms with van der Waals surface area (Å²) in [6.07, 6.45) is 0.108. The van der Waals surface area contributed by atoms with Crippen LogP contribution in [0, 0.1) is 13.8 Å². The second-order valence-corrected chi connectivity index (χ2v) is 10.3. The first-order valence-corrected chi connectivity index (χ1v) is 11.9. The second-order valence-electron chi connectivity index (χ2n) is 7.92. The summed E-state index contributed by atoms with van der Waals surface area (Å²) in [5.41, 5.74) is 2.41. The van der Waals surface area contributed by atoms with Crippen molar-refractivity contribution in [1.82, 2.24) is 9.21 Å². The Labute approximate surface area is 187 Å². The molecule has 2 heterocycles. The van der Waals surface area contributed by atoms with Gasteiger partial charge in [0.1, 0.15) is 0 Å². The largest absolute Gasteiger partial charge is 0.289 e. The molecule has 0 bridgehead atoms. The Morgan fingerprint density at radius 3 is 2.06 bits per heavy atom. The van der Waals surface area contributed by atoms with E-state index in [2.05, 4.69) is 0 Å². The molecule has 0 saturated carbocycles. The maximum atomic E-state index is 13.2. The van der Waals surface area contributed by atoms with Gasteiger partial charge in [-0.15, -0.1) is 0 Å². The summed E-state index contributed by atoms with van der Waals surface area (Å²) in [4.78, 5) is 29.3. The molecule has 0 spiro atoms. The number of amides is 2. The average Bonchev–Trinajstić information content (AvgIpc) is 3.03. The molecule has 2 aliphatic heterocycles. The number of piperazine rings is 1. The van der Waals surface area contributed by atoms with Gasteiger partial charge in [-0.1, -0.05) is 29.8 Å². The lowest BCUT2D eigenvalue weighted by Gasteiger charge is -2.36. The van der Waals surface area contributed by atoms with Crippen LogP contribution in [0.15, 0.2) is 47.4 Å². The van der Waals surface area contributed by atoms with E-state index in [0.29, 0.717) is 23.8 Å². The highest BCUT2D eigenvalue weighted by atomic mass is 35.5. The van der Waals surface area contributed by atoms with Crippen LogP contribution in [0.3, 0.4) is 0 Å². The van der Waals surface area contributed by atoms with Crippen molar-refractivity contribution in [3.05, 3.63) is 58.6 Å². The predicted octanol–water partition coefficient (Wildman–Crippen LogP) is 2.60. The molecule has 31 heavy (non-hydrogen) atoms. The number of rotatable bonds is 4. The summed E-state index contributed by atoms with van der Waals surface area (Å²) in [6.45, 7) is 5.06. The second kappa shape index (κ2) is 8.35. The van der Waals surface area contributed by atoms with Gasteiger partial charge < -0.3 is 0 Å². The lowest BCUT2D eigenvalue weighted by atomic mass is 10.1. The van der Waals surface area contributed by atoms with E-state index < -0.39 is 16.1 Å². The zero-order valence-corrected chi connectivity index (χ0v) is 19.0. The van der Waals surface area contributed by atoms with Crippen molar-refractivity contribution in [2.75, 3.05) is 31.1 Å². The zero-order valence-electron chi connectivity index (χ0n) is 17.4. The van der Waals surface area contributed by atoms with Gasteiger partial charge in [-0.05, 0) is 49.2 Å². The molecule has 2 aromatic rings. The molecule has 0 aromatic heterocycles. The summed E-state index contributed by atoms with van der Waals surface area (Å²) >= 11 is 5.86. The standard InChI is InChI=1S/C22H24ClN3O4S/c1-15-4-3-5-16(2)21(15)26-20(27)14-19(22(26)28)24-10-12-25(13-11-24)31(29,30)18-8-6-17(23)7-9-18/h3-9,19H,10-14H2,1-2H3. The number of imide groups is 1. The van der Waals surface area contributed by atoms with E-state index in [1.165, 1.54) is 21.3 Å². The highest BCUT2D eigenvalue weighted by Gasteiger charge is 2.44. The fraction of sp³-hybridized carbons (Fsp3) is 0.364. The van der Waals surface area contributed by atoms with Gasteiger partial charge in [0, 0.05) is 31.2 Å². The lowest BCUT2D eigenvalue weighted by Crippen LogP contribution is -2.53. The van der Waals surface area contributed by atoms with E-state index in [9.17, 15) is 18.0 Å². The molecule has 2 amide bonds. The van der Waals surface area contributed by atoms with Crippen molar-refractivity contribution in [3.63, 3.8) is 0 Å². The molecule has 2 fully saturated rings. The molecule has 0 aliphatic carbocycles. The van der Waals surface area contributed by atoms with E-state index in [1.807, 2.05) is 36.9 Å². The summed E-state index contributed by atoms with van der Waals surface area (Å²) in [7, 11) is -3.63. The highest BCUT2D eigenvalue weighted by molar-refractivity contribution is 7.89. The van der Waals surface area contributed by atoms with Gasteiger partial charge >= 0.3 is 0 Å². The van der Waals surface area contributed by atoms with E-state index >= 15 is 0 Å². The Balaban J connectivity index is 1.48. The Hall–Kier alpha value is -2.26. The van der Waals surface area contributed by atoms with Crippen LogP contribution in [0.4, 0.5) is 5.69 Å². The molecular weight excluding hydrogens is 438 g/mol. The van der Waals surface area contributed by atoms with E-state index in [4.69, 9.17) is 11.6 Å². The number of para-hydroxylation sites is 1. The minimum Gasteiger partial charge on any atom is -0.289 e. The summed E-state index contributed by atoms with van der Waals surface area (Å²) in [5, 5.41) is 0.474. The van der Waals surface area contributed by atoms with Crippen LogP contribution in [-0.2, 0) is 19.6 Å². The highest BCUT2D eigenvalue weighted by Crippen LogP contribution is 2.32. The van der Waals surface area contributed by atoms with Crippen LogP contribution in [0.25, 0.3) is 0 Å². The molecule has 1 atom stereocenters. The van der Waals surface area contributed by atoms with Crippen molar-refractivity contribution in [3.8, 4) is 0 Å². The Bertz CT molecular complexity index is 1110. The van der Waals surface area contributed by atoms with Crippen LogP contribution in [0.1, 0.15) is 17.5 Å². The first-order chi connectivity index (χ1) is 14.7. The Morgan fingerprint density at radius 1 is 0.903 bits per heavy atom. The number of carbonyl (C=O) groups is 2. The van der Waals surface area contributed by atoms with Gasteiger partial charge in [-0.25, -0.2) is 13.3 Å². The third-order valence-electron chi connectivity index (χ3n) is 5.95. The number of anilines is 1. The predicted molar refractivity (Wildman–Crippen MR) is 119 cm³/mol. The van der Waals surface area contributed by atoms with Crippen LogP contribution in [0.5, 0.6) is 0 Å². The zero-order chi connectivity index (χ0) is 22.3. The summed E-state index contributed by atoms with van der Waals surface area (Å²) in [6, 6.07) is 11.2. The summed E-state index contributed by atoms with van der Waals surface area (Å²) < 4.78 is 27.2. The fourth-order valence-corrected chi connectivity index (χ4v) is 5.85. The first-order valence-electron chi connectivity index (χ1n) is 10.1. The minimum atomic E-state index is -3.63. The molecule has 4 rings (SSSR count). The van der Waals surface area contributed by atoms with Gasteiger partial charge in [0.25, 0.3) is 5.91 Å².